The van der Waals surface area contributed by atoms with Crippen molar-refractivity contribution in [2.24, 2.45) is 0 Å². The fraction of sp³-hybridized carbons (Fsp3) is 0.316. The average Bonchev–Trinajstić information content (AvgIpc) is 3.06. The van der Waals surface area contributed by atoms with E-state index in [1.165, 1.54) is 11.3 Å². The zero-order valence-corrected chi connectivity index (χ0v) is 28.9. The van der Waals surface area contributed by atoms with Crippen molar-refractivity contribution in [3.8, 4) is 5.75 Å². The molecule has 6 rings (SSSR count). The second-order valence-corrected chi connectivity index (χ2v) is 13.8. The number of hydrogen-bond donors (Lipinski definition) is 4. The topological polar surface area (TPSA) is 115 Å². The van der Waals surface area contributed by atoms with Crippen molar-refractivity contribution in [2.75, 3.05) is 20.2 Å². The molecule has 248 valence electrons. The summed E-state index contributed by atoms with van der Waals surface area (Å²) in [6.45, 7) is 6.61. The third kappa shape index (κ3) is 6.52. The minimum atomic E-state index is -1.23. The third-order valence-electron chi connectivity index (χ3n) is 9.60. The second-order valence-electron chi connectivity index (χ2n) is 12.9. The van der Waals surface area contributed by atoms with Crippen molar-refractivity contribution in [3.05, 3.63) is 123 Å². The Morgan fingerprint density at radius 1 is 0.833 bits per heavy atom. The number of rotatable bonds is 8. The van der Waals surface area contributed by atoms with Crippen LogP contribution in [0.5, 0.6) is 5.75 Å². The van der Waals surface area contributed by atoms with Crippen LogP contribution >= 0.6 is 24.4 Å². The predicted molar refractivity (Wildman–Crippen MR) is 190 cm³/mol. The van der Waals surface area contributed by atoms with Gasteiger partial charge in [-0.2, -0.15) is 0 Å². The zero-order chi connectivity index (χ0) is 34.1. The first-order valence-electron chi connectivity index (χ1n) is 16.2. The number of thiocarbonyl (C=S) groups is 2. The van der Waals surface area contributed by atoms with E-state index in [9.17, 15) is 19.8 Å². The van der Waals surface area contributed by atoms with Crippen LogP contribution in [0, 0.1) is 13.8 Å². The van der Waals surface area contributed by atoms with E-state index in [2.05, 4.69) is 10.6 Å². The molecule has 0 aliphatic carbocycles. The molecule has 0 bridgehead atoms. The lowest BCUT2D eigenvalue weighted by Crippen LogP contribution is -3.11. The van der Waals surface area contributed by atoms with Gasteiger partial charge in [0.15, 0.2) is 0 Å². The number of carbonyl (C=O) groups is 2. The first-order valence-corrected chi connectivity index (χ1v) is 17.1. The summed E-state index contributed by atoms with van der Waals surface area (Å²) >= 11 is 11.2. The molecular weight excluding hydrogens is 643 g/mol. The molecule has 3 aliphatic heterocycles. The quantitative estimate of drug-likeness (QED) is 0.267. The van der Waals surface area contributed by atoms with Crippen LogP contribution in [0.25, 0.3) is 0 Å². The Balaban J connectivity index is 1.58. The summed E-state index contributed by atoms with van der Waals surface area (Å²) in [4.78, 5) is 29.5. The molecule has 3 aliphatic rings. The zero-order valence-electron chi connectivity index (χ0n) is 27.2. The highest BCUT2D eigenvalue weighted by atomic mass is 32.1. The highest BCUT2D eigenvalue weighted by Crippen LogP contribution is 2.44. The van der Waals surface area contributed by atoms with Crippen LogP contribution < -0.4 is 25.4 Å². The minimum Gasteiger partial charge on any atom is -0.874 e. The lowest BCUT2D eigenvalue weighted by atomic mass is 9.75. The van der Waals surface area contributed by atoms with Crippen LogP contribution in [0.15, 0.2) is 89.4 Å². The van der Waals surface area contributed by atoms with Gasteiger partial charge in [-0.25, -0.2) is 0 Å². The fourth-order valence-corrected chi connectivity index (χ4v) is 7.74. The Hall–Kier alpha value is -4.38. The summed E-state index contributed by atoms with van der Waals surface area (Å²) in [6, 6.07) is 20.3. The Labute approximate surface area is 291 Å². The van der Waals surface area contributed by atoms with Crippen LogP contribution in [0.1, 0.15) is 70.4 Å². The van der Waals surface area contributed by atoms with Crippen LogP contribution in [0.4, 0.5) is 0 Å². The van der Waals surface area contributed by atoms with Crippen molar-refractivity contribution in [2.45, 2.75) is 57.4 Å². The number of aliphatic hydroxyl groups excluding tert-OH is 1. The molecule has 3 unspecified atom stereocenters. The van der Waals surface area contributed by atoms with Gasteiger partial charge in [-0.3, -0.25) is 9.59 Å². The van der Waals surface area contributed by atoms with Crippen LogP contribution in [-0.2, 0) is 16.1 Å². The molecule has 10 heteroatoms. The number of hydrogen-bond acceptors (Lipinski definition) is 7. The molecule has 48 heavy (non-hydrogen) atoms. The number of nitrogens with one attached hydrogen (secondary N) is 3. The number of likely N-dealkylation sites (tertiary alicyclic amines) is 1. The third-order valence-corrected chi connectivity index (χ3v) is 10.3. The summed E-state index contributed by atoms with van der Waals surface area (Å²) in [5.41, 5.74) is 4.43. The van der Waals surface area contributed by atoms with Gasteiger partial charge in [-0.05, 0) is 61.9 Å². The molecule has 3 heterocycles. The van der Waals surface area contributed by atoms with Gasteiger partial charge in [0.2, 0.25) is 0 Å². The van der Waals surface area contributed by atoms with Crippen LogP contribution in [0.2, 0.25) is 0 Å². The van der Waals surface area contributed by atoms with E-state index in [0.29, 0.717) is 29.0 Å². The van der Waals surface area contributed by atoms with Crippen LogP contribution in [0.3, 0.4) is 0 Å². The Bertz CT molecular complexity index is 1740. The molecule has 8 nitrogen and oxygen atoms in total. The summed E-state index contributed by atoms with van der Waals surface area (Å²) in [7, 11) is 1.61. The Kier molecular flexibility index (Phi) is 9.78. The lowest BCUT2D eigenvalue weighted by Gasteiger charge is -2.38. The number of benzene rings is 3. The highest BCUT2D eigenvalue weighted by Gasteiger charge is 2.43. The van der Waals surface area contributed by atoms with Gasteiger partial charge in [0.25, 0.3) is 11.8 Å². The van der Waals surface area contributed by atoms with Gasteiger partial charge in [0.1, 0.15) is 18.1 Å². The molecule has 3 atom stereocenters. The van der Waals surface area contributed by atoms with Crippen molar-refractivity contribution in [1.29, 1.82) is 0 Å². The molecule has 0 radical (unpaired) electrons. The number of ether oxygens (including phenoxy) is 1. The molecule has 3 aromatic rings. The number of quaternary nitrogens is 1. The van der Waals surface area contributed by atoms with Crippen molar-refractivity contribution in [1.82, 2.24) is 10.6 Å². The molecule has 0 saturated carbocycles. The average molecular weight is 682 g/mol. The first-order chi connectivity index (χ1) is 23.1. The summed E-state index contributed by atoms with van der Waals surface area (Å²) in [5.74, 6) is -4.57. The van der Waals surface area contributed by atoms with Gasteiger partial charge < -0.3 is 30.5 Å². The second kappa shape index (κ2) is 14.0. The molecule has 2 amide bonds. The van der Waals surface area contributed by atoms with Gasteiger partial charge in [0, 0.05) is 23.0 Å². The highest BCUT2D eigenvalue weighted by molar-refractivity contribution is 7.80. The molecule has 1 fully saturated rings. The van der Waals surface area contributed by atoms with Gasteiger partial charge in [-0.1, -0.05) is 90.2 Å². The first kappa shape index (κ1) is 33.5. The summed E-state index contributed by atoms with van der Waals surface area (Å²) in [5, 5.41) is 32.2. The predicted octanol–water partition coefficient (Wildman–Crippen LogP) is 3.87. The number of carbonyl (C=O) groups excluding carboxylic acids is 2. The SMILES string of the molecule is COc1ccc(C(C2=C([O-])C(c3ccc(C)cc3)C(=S)NC2=O)C2=C(O)C(c3ccc(C)cc3)C(=S)NC2=O)cc1C[NH+]1CCCCC1. The standard InChI is InChI=1S/C38H39N3O5S2/c1-21-7-11-23(12-8-21)29-33(42)31(35(44)39-37(29)47)28(25-15-16-27(46-3)26(19-25)20-41-17-5-4-6-18-41)32-34(43)30(38(48)40-36(32)45)24-13-9-22(2)10-14-24/h7-16,19,28-30,42-43H,4-6,17-18,20H2,1-3H3,(H,39,44,47)(H,40,45,48). The molecule has 3 aromatic carbocycles. The van der Waals surface area contributed by atoms with E-state index < -0.39 is 35.3 Å². The van der Waals surface area contributed by atoms with Crippen LogP contribution in [-0.4, -0.2) is 47.1 Å². The fourth-order valence-electron chi connectivity index (χ4n) is 7.06. The van der Waals surface area contributed by atoms with Crippen molar-refractivity contribution >= 4 is 46.2 Å². The molecular formula is C38H39N3O5S2. The monoisotopic (exact) mass is 681 g/mol. The number of aryl methyl sites for hydroxylation is 2. The number of aliphatic hydroxyl groups is 1. The maximum Gasteiger partial charge on any atom is 0.256 e. The number of methoxy groups -OCH3 is 1. The van der Waals surface area contributed by atoms with Gasteiger partial charge >= 0.3 is 0 Å². The smallest absolute Gasteiger partial charge is 0.256 e. The van der Waals surface area contributed by atoms with E-state index in [-0.39, 0.29) is 26.9 Å². The number of piperidine rings is 1. The molecule has 4 N–H and O–H groups in total. The summed E-state index contributed by atoms with van der Waals surface area (Å²) in [6.07, 6.45) is 3.47. The van der Waals surface area contributed by atoms with E-state index in [4.69, 9.17) is 29.2 Å². The Morgan fingerprint density at radius 3 is 1.96 bits per heavy atom. The summed E-state index contributed by atoms with van der Waals surface area (Å²) < 4.78 is 5.75. The van der Waals surface area contributed by atoms with E-state index in [0.717, 1.165) is 42.6 Å². The lowest BCUT2D eigenvalue weighted by molar-refractivity contribution is -0.918. The Morgan fingerprint density at radius 2 is 1.38 bits per heavy atom. The maximum atomic E-state index is 14.6. The maximum absolute atomic E-state index is 14.6. The van der Waals surface area contributed by atoms with Crippen molar-refractivity contribution < 1.29 is 29.4 Å². The largest absolute Gasteiger partial charge is 0.874 e. The van der Waals surface area contributed by atoms with E-state index in [1.807, 2.05) is 68.4 Å². The molecule has 0 spiro atoms. The van der Waals surface area contributed by atoms with Crippen molar-refractivity contribution in [3.63, 3.8) is 0 Å². The van der Waals surface area contributed by atoms with Gasteiger partial charge in [0.05, 0.1) is 41.7 Å². The molecule has 1 saturated heterocycles. The normalized spacial score (nSPS) is 21.2. The van der Waals surface area contributed by atoms with E-state index >= 15 is 0 Å². The van der Waals surface area contributed by atoms with E-state index in [1.54, 1.807) is 19.2 Å². The van der Waals surface area contributed by atoms with Gasteiger partial charge in [-0.15, -0.1) is 5.76 Å². The molecule has 0 aromatic heterocycles. The number of amides is 2. The minimum absolute atomic E-state index is 0.0884.